The van der Waals surface area contributed by atoms with Crippen LogP contribution in [0.15, 0.2) is 24.3 Å². The van der Waals surface area contributed by atoms with E-state index in [1.807, 2.05) is 6.92 Å². The zero-order chi connectivity index (χ0) is 13.7. The van der Waals surface area contributed by atoms with E-state index < -0.39 is 0 Å². The van der Waals surface area contributed by atoms with Crippen LogP contribution < -0.4 is 5.32 Å². The van der Waals surface area contributed by atoms with E-state index in [1.165, 1.54) is 12.1 Å². The fourth-order valence-corrected chi connectivity index (χ4v) is 2.26. The number of ether oxygens (including phenoxy) is 1. The number of nitrogens with one attached hydrogen (secondary N) is 1. The van der Waals surface area contributed by atoms with E-state index in [1.54, 1.807) is 12.1 Å². The van der Waals surface area contributed by atoms with Crippen molar-refractivity contribution in [3.63, 3.8) is 0 Å². The van der Waals surface area contributed by atoms with E-state index in [2.05, 4.69) is 5.32 Å². The molecule has 1 heterocycles. The minimum absolute atomic E-state index is 0.0276. The second kappa shape index (κ2) is 6.66. The third-order valence-electron chi connectivity index (χ3n) is 3.43. The minimum Gasteiger partial charge on any atom is -0.376 e. The van der Waals surface area contributed by atoms with Crippen LogP contribution in [0.2, 0.25) is 0 Å². The molecule has 2 unspecified atom stereocenters. The van der Waals surface area contributed by atoms with Crippen molar-refractivity contribution in [2.24, 2.45) is 5.92 Å². The molecule has 2 atom stereocenters. The van der Waals surface area contributed by atoms with Gasteiger partial charge in [0.15, 0.2) is 0 Å². The highest BCUT2D eigenvalue weighted by Crippen LogP contribution is 2.12. The van der Waals surface area contributed by atoms with E-state index in [4.69, 9.17) is 4.74 Å². The quantitative estimate of drug-likeness (QED) is 0.887. The number of amides is 1. The Labute approximate surface area is 113 Å². The molecule has 1 aliphatic rings. The number of benzene rings is 1. The Kier molecular flexibility index (Phi) is 4.91. The molecule has 1 N–H and O–H groups in total. The number of halogens is 1. The van der Waals surface area contributed by atoms with Crippen LogP contribution in [0.4, 0.5) is 4.39 Å². The van der Waals surface area contributed by atoms with E-state index >= 15 is 0 Å². The molecule has 0 radical (unpaired) electrons. The predicted octanol–water partition coefficient (Wildman–Crippen LogP) is 2.30. The third-order valence-corrected chi connectivity index (χ3v) is 3.43. The second-order valence-electron chi connectivity index (χ2n) is 5.11. The third kappa shape index (κ3) is 4.31. The second-order valence-corrected chi connectivity index (χ2v) is 5.11. The van der Waals surface area contributed by atoms with Gasteiger partial charge in [-0.05, 0) is 37.0 Å². The minimum atomic E-state index is -0.251. The van der Waals surface area contributed by atoms with Crippen LogP contribution in [0.25, 0.3) is 0 Å². The molecule has 1 amide bonds. The fraction of sp³-hybridized carbons (Fsp3) is 0.533. The summed E-state index contributed by atoms with van der Waals surface area (Å²) in [5, 5.41) is 2.92. The first kappa shape index (κ1) is 14.0. The van der Waals surface area contributed by atoms with Gasteiger partial charge in [-0.15, -0.1) is 0 Å². The van der Waals surface area contributed by atoms with Crippen molar-refractivity contribution in [2.75, 3.05) is 13.2 Å². The van der Waals surface area contributed by atoms with E-state index in [-0.39, 0.29) is 23.7 Å². The van der Waals surface area contributed by atoms with Crippen molar-refractivity contribution in [3.05, 3.63) is 35.6 Å². The molecule has 104 valence electrons. The summed E-state index contributed by atoms with van der Waals surface area (Å²) >= 11 is 0. The average molecular weight is 265 g/mol. The van der Waals surface area contributed by atoms with Crippen molar-refractivity contribution >= 4 is 5.91 Å². The highest BCUT2D eigenvalue weighted by Gasteiger charge is 2.18. The molecule has 1 aromatic carbocycles. The first-order chi connectivity index (χ1) is 9.15. The molecule has 1 aromatic rings. The monoisotopic (exact) mass is 265 g/mol. The van der Waals surface area contributed by atoms with Crippen LogP contribution in [0.3, 0.4) is 0 Å². The largest absolute Gasteiger partial charge is 0.376 e. The summed E-state index contributed by atoms with van der Waals surface area (Å²) in [6.07, 6.45) is 2.89. The SMILES string of the molecule is CC(Cc1ccc(F)cc1)C(=O)NCC1CCCO1. The molecule has 19 heavy (non-hydrogen) atoms. The lowest BCUT2D eigenvalue weighted by molar-refractivity contribution is -0.124. The number of hydrogen-bond acceptors (Lipinski definition) is 2. The molecular formula is C15H20FNO2. The summed E-state index contributed by atoms with van der Waals surface area (Å²) in [5.41, 5.74) is 0.973. The zero-order valence-electron chi connectivity index (χ0n) is 11.2. The van der Waals surface area contributed by atoms with E-state index in [9.17, 15) is 9.18 Å². The van der Waals surface area contributed by atoms with Crippen LogP contribution in [-0.4, -0.2) is 25.2 Å². The average Bonchev–Trinajstić information content (AvgIpc) is 2.91. The van der Waals surface area contributed by atoms with Crippen molar-refractivity contribution in [1.82, 2.24) is 5.32 Å². The van der Waals surface area contributed by atoms with Crippen LogP contribution in [-0.2, 0) is 16.0 Å². The van der Waals surface area contributed by atoms with Gasteiger partial charge in [-0.2, -0.15) is 0 Å². The lowest BCUT2D eigenvalue weighted by Crippen LogP contribution is -2.35. The topological polar surface area (TPSA) is 38.3 Å². The summed E-state index contributed by atoms with van der Waals surface area (Å²) in [4.78, 5) is 11.9. The first-order valence-electron chi connectivity index (χ1n) is 6.79. The van der Waals surface area contributed by atoms with E-state index in [0.717, 1.165) is 25.0 Å². The molecule has 3 nitrogen and oxygen atoms in total. The molecular weight excluding hydrogens is 245 g/mol. The van der Waals surface area contributed by atoms with Gasteiger partial charge in [-0.1, -0.05) is 19.1 Å². The van der Waals surface area contributed by atoms with Crippen molar-refractivity contribution in [2.45, 2.75) is 32.3 Å². The molecule has 0 aliphatic carbocycles. The van der Waals surface area contributed by atoms with Gasteiger partial charge >= 0.3 is 0 Å². The van der Waals surface area contributed by atoms with Crippen molar-refractivity contribution in [1.29, 1.82) is 0 Å². The molecule has 4 heteroatoms. The normalized spacial score (nSPS) is 20.2. The molecule has 0 aromatic heterocycles. The maximum absolute atomic E-state index is 12.8. The van der Waals surface area contributed by atoms with Crippen LogP contribution in [0.1, 0.15) is 25.3 Å². The summed E-state index contributed by atoms with van der Waals surface area (Å²) < 4.78 is 18.2. The van der Waals surface area contributed by atoms with Crippen LogP contribution in [0, 0.1) is 11.7 Å². The van der Waals surface area contributed by atoms with Gasteiger partial charge in [-0.25, -0.2) is 4.39 Å². The number of carbonyl (C=O) groups excluding carboxylic acids is 1. The Hall–Kier alpha value is -1.42. The van der Waals surface area contributed by atoms with Gasteiger partial charge < -0.3 is 10.1 Å². The predicted molar refractivity (Wildman–Crippen MR) is 71.3 cm³/mol. The molecule has 0 spiro atoms. The standard InChI is InChI=1S/C15H20FNO2/c1-11(9-12-4-6-13(16)7-5-12)15(18)17-10-14-3-2-8-19-14/h4-7,11,14H,2-3,8-10H2,1H3,(H,17,18). The number of hydrogen-bond donors (Lipinski definition) is 1. The molecule has 1 saturated heterocycles. The molecule has 0 bridgehead atoms. The van der Waals surface area contributed by atoms with Gasteiger partial charge in [0, 0.05) is 19.1 Å². The Morgan fingerprint density at radius 2 is 2.21 bits per heavy atom. The first-order valence-corrected chi connectivity index (χ1v) is 6.79. The fourth-order valence-electron chi connectivity index (χ4n) is 2.26. The Morgan fingerprint density at radius 1 is 1.47 bits per heavy atom. The Morgan fingerprint density at radius 3 is 2.84 bits per heavy atom. The van der Waals surface area contributed by atoms with Gasteiger partial charge in [0.05, 0.1) is 6.10 Å². The summed E-state index contributed by atoms with van der Waals surface area (Å²) in [5.74, 6) is -0.342. The van der Waals surface area contributed by atoms with Gasteiger partial charge in [0.25, 0.3) is 0 Å². The Balaban J connectivity index is 1.76. The van der Waals surface area contributed by atoms with Crippen molar-refractivity contribution < 1.29 is 13.9 Å². The molecule has 0 saturated carbocycles. The van der Waals surface area contributed by atoms with E-state index in [0.29, 0.717) is 13.0 Å². The maximum Gasteiger partial charge on any atom is 0.223 e. The highest BCUT2D eigenvalue weighted by atomic mass is 19.1. The Bertz CT molecular complexity index is 413. The van der Waals surface area contributed by atoms with Gasteiger partial charge in [0.2, 0.25) is 5.91 Å². The van der Waals surface area contributed by atoms with Crippen molar-refractivity contribution in [3.8, 4) is 0 Å². The summed E-state index contributed by atoms with van der Waals surface area (Å²) in [7, 11) is 0. The molecule has 1 fully saturated rings. The van der Waals surface area contributed by atoms with Gasteiger partial charge in [-0.3, -0.25) is 4.79 Å². The van der Waals surface area contributed by atoms with Crippen LogP contribution in [0.5, 0.6) is 0 Å². The maximum atomic E-state index is 12.8. The zero-order valence-corrected chi connectivity index (χ0v) is 11.2. The summed E-state index contributed by atoms with van der Waals surface area (Å²) in [6, 6.07) is 6.29. The molecule has 1 aliphatic heterocycles. The van der Waals surface area contributed by atoms with Gasteiger partial charge in [0.1, 0.15) is 5.82 Å². The smallest absolute Gasteiger partial charge is 0.223 e. The number of rotatable bonds is 5. The lowest BCUT2D eigenvalue weighted by atomic mass is 10.0. The number of carbonyl (C=O) groups is 1. The van der Waals surface area contributed by atoms with Crippen LogP contribution >= 0.6 is 0 Å². The highest BCUT2D eigenvalue weighted by molar-refractivity contribution is 5.78. The molecule has 2 rings (SSSR count). The summed E-state index contributed by atoms with van der Waals surface area (Å²) in [6.45, 7) is 3.27. The lowest BCUT2D eigenvalue weighted by Gasteiger charge is -2.15.